The highest BCUT2D eigenvalue weighted by Gasteiger charge is 2.44. The summed E-state index contributed by atoms with van der Waals surface area (Å²) in [6.45, 7) is 1.88. The number of aliphatic carboxylic acids is 1. The summed E-state index contributed by atoms with van der Waals surface area (Å²) in [5.74, 6) is -0.533. The van der Waals surface area contributed by atoms with E-state index in [0.29, 0.717) is 5.69 Å². The molecule has 1 aromatic rings. The summed E-state index contributed by atoms with van der Waals surface area (Å²) < 4.78 is 0. The number of carbonyl (C=O) groups is 2. The van der Waals surface area contributed by atoms with Crippen molar-refractivity contribution in [1.82, 2.24) is 9.88 Å². The fourth-order valence-corrected chi connectivity index (χ4v) is 3.83. The summed E-state index contributed by atoms with van der Waals surface area (Å²) in [5, 5.41) is 8.95. The first kappa shape index (κ1) is 14.0. The maximum absolute atomic E-state index is 12.7. The lowest BCUT2D eigenvalue weighted by Crippen LogP contribution is -2.47. The Morgan fingerprint density at radius 1 is 1.29 bits per heavy atom. The zero-order valence-electron chi connectivity index (χ0n) is 12.2. The van der Waals surface area contributed by atoms with Crippen LogP contribution in [0.1, 0.15) is 48.3 Å². The molecule has 3 heterocycles. The van der Waals surface area contributed by atoms with E-state index in [1.165, 1.54) is 0 Å². The predicted molar refractivity (Wildman–Crippen MR) is 76.9 cm³/mol. The second kappa shape index (κ2) is 5.47. The Morgan fingerprint density at radius 2 is 1.95 bits per heavy atom. The van der Waals surface area contributed by atoms with E-state index in [0.717, 1.165) is 31.4 Å². The molecule has 2 saturated heterocycles. The number of rotatable bonds is 3. The number of fused-ring (bicyclic) bond motifs is 2. The van der Waals surface area contributed by atoms with Gasteiger partial charge in [-0.05, 0) is 50.7 Å². The van der Waals surface area contributed by atoms with Gasteiger partial charge in [0.2, 0.25) is 0 Å². The van der Waals surface area contributed by atoms with Crippen LogP contribution in [0.2, 0.25) is 0 Å². The van der Waals surface area contributed by atoms with Crippen molar-refractivity contribution >= 4 is 11.9 Å². The van der Waals surface area contributed by atoms with Gasteiger partial charge < -0.3 is 10.0 Å². The van der Waals surface area contributed by atoms with Gasteiger partial charge in [0.05, 0.1) is 0 Å². The van der Waals surface area contributed by atoms with Gasteiger partial charge in [-0.1, -0.05) is 6.07 Å². The first-order valence-corrected chi connectivity index (χ1v) is 7.52. The molecule has 2 fully saturated rings. The first-order valence-electron chi connectivity index (χ1n) is 7.52. The molecular formula is C16H20N2O3. The van der Waals surface area contributed by atoms with E-state index in [2.05, 4.69) is 4.98 Å². The number of aromatic nitrogens is 1. The topological polar surface area (TPSA) is 70.5 Å². The molecule has 2 aliphatic rings. The molecule has 5 heteroatoms. The molecule has 0 spiro atoms. The van der Waals surface area contributed by atoms with E-state index < -0.39 is 5.97 Å². The third-order valence-electron chi connectivity index (χ3n) is 4.64. The van der Waals surface area contributed by atoms with E-state index in [9.17, 15) is 9.59 Å². The van der Waals surface area contributed by atoms with Gasteiger partial charge in [-0.2, -0.15) is 0 Å². The average Bonchev–Trinajstić information content (AvgIpc) is 2.69. The van der Waals surface area contributed by atoms with Gasteiger partial charge in [0.15, 0.2) is 0 Å². The number of hydrogen-bond donors (Lipinski definition) is 1. The SMILES string of the molecule is Cc1cccc(C(=O)N2C3CCC2CC(CC(=O)O)C3)n1. The predicted octanol–water partition coefficient (Wildman–Crippen LogP) is 2.25. The zero-order chi connectivity index (χ0) is 15.0. The largest absolute Gasteiger partial charge is 0.481 e. The molecule has 1 aromatic heterocycles. The summed E-state index contributed by atoms with van der Waals surface area (Å²) in [6, 6.07) is 5.86. The van der Waals surface area contributed by atoms with Gasteiger partial charge in [-0.3, -0.25) is 9.59 Å². The Hall–Kier alpha value is -1.91. The highest BCUT2D eigenvalue weighted by molar-refractivity contribution is 5.93. The Kier molecular flexibility index (Phi) is 3.66. The van der Waals surface area contributed by atoms with Crippen molar-refractivity contribution in [3.8, 4) is 0 Å². The van der Waals surface area contributed by atoms with Crippen LogP contribution in [0, 0.1) is 12.8 Å². The molecule has 5 nitrogen and oxygen atoms in total. The molecule has 2 atom stereocenters. The van der Waals surface area contributed by atoms with Crippen molar-refractivity contribution in [3.05, 3.63) is 29.6 Å². The van der Waals surface area contributed by atoms with Crippen molar-refractivity contribution in [2.75, 3.05) is 0 Å². The van der Waals surface area contributed by atoms with Gasteiger partial charge in [0.1, 0.15) is 5.69 Å². The minimum absolute atomic E-state index is 0.0000231. The molecule has 0 saturated carbocycles. The number of carbonyl (C=O) groups excluding carboxylic acids is 1. The number of carboxylic acid groups (broad SMARTS) is 1. The van der Waals surface area contributed by atoms with Gasteiger partial charge in [-0.25, -0.2) is 4.98 Å². The second-order valence-electron chi connectivity index (χ2n) is 6.20. The molecule has 0 aliphatic carbocycles. The minimum Gasteiger partial charge on any atom is -0.481 e. The molecule has 2 bridgehead atoms. The third-order valence-corrected chi connectivity index (χ3v) is 4.64. The molecule has 0 aromatic carbocycles. The van der Waals surface area contributed by atoms with Crippen LogP contribution < -0.4 is 0 Å². The van der Waals surface area contributed by atoms with Crippen LogP contribution in [0.4, 0.5) is 0 Å². The normalized spacial score (nSPS) is 27.7. The van der Waals surface area contributed by atoms with E-state index in [-0.39, 0.29) is 30.3 Å². The summed E-state index contributed by atoms with van der Waals surface area (Å²) >= 11 is 0. The fraction of sp³-hybridized carbons (Fsp3) is 0.562. The number of piperidine rings is 1. The highest BCUT2D eigenvalue weighted by atomic mass is 16.4. The van der Waals surface area contributed by atoms with E-state index in [1.54, 1.807) is 6.07 Å². The molecule has 1 N–H and O–H groups in total. The quantitative estimate of drug-likeness (QED) is 0.926. The molecular weight excluding hydrogens is 268 g/mol. The Morgan fingerprint density at radius 3 is 2.52 bits per heavy atom. The molecule has 112 valence electrons. The number of carboxylic acids is 1. The molecule has 1 amide bonds. The van der Waals surface area contributed by atoms with Gasteiger partial charge in [0, 0.05) is 24.2 Å². The summed E-state index contributed by atoms with van der Waals surface area (Å²) in [5.41, 5.74) is 1.34. The lowest BCUT2D eigenvalue weighted by atomic mass is 9.88. The van der Waals surface area contributed by atoms with Crippen molar-refractivity contribution in [3.63, 3.8) is 0 Å². The van der Waals surface area contributed by atoms with Crippen LogP contribution in [-0.2, 0) is 4.79 Å². The van der Waals surface area contributed by atoms with Crippen molar-refractivity contribution in [2.45, 2.75) is 51.1 Å². The second-order valence-corrected chi connectivity index (χ2v) is 6.20. The average molecular weight is 288 g/mol. The Labute approximate surface area is 124 Å². The van der Waals surface area contributed by atoms with Crippen LogP contribution in [0.3, 0.4) is 0 Å². The zero-order valence-corrected chi connectivity index (χ0v) is 12.2. The molecule has 2 unspecified atom stereocenters. The summed E-state index contributed by atoms with van der Waals surface area (Å²) in [7, 11) is 0. The highest BCUT2D eigenvalue weighted by Crippen LogP contribution is 2.40. The number of nitrogens with zero attached hydrogens (tertiary/aromatic N) is 2. The van der Waals surface area contributed by atoms with Gasteiger partial charge in [0.25, 0.3) is 5.91 Å². The van der Waals surface area contributed by atoms with Gasteiger partial charge >= 0.3 is 5.97 Å². The third kappa shape index (κ3) is 2.77. The lowest BCUT2D eigenvalue weighted by Gasteiger charge is -2.38. The molecule has 3 rings (SSSR count). The number of aryl methyl sites for hydroxylation is 1. The standard InChI is InChI=1S/C16H20N2O3/c1-10-3-2-4-14(17-10)16(21)18-12-5-6-13(18)8-11(7-12)9-15(19)20/h2-4,11-13H,5-9H2,1H3,(H,19,20). The molecule has 2 aliphatic heterocycles. The van der Waals surface area contributed by atoms with Crippen molar-refractivity contribution in [1.29, 1.82) is 0 Å². The van der Waals surface area contributed by atoms with Crippen LogP contribution >= 0.6 is 0 Å². The Bertz CT molecular complexity index is 558. The first-order chi connectivity index (χ1) is 10.0. The maximum Gasteiger partial charge on any atom is 0.303 e. The monoisotopic (exact) mass is 288 g/mol. The van der Waals surface area contributed by atoms with Gasteiger partial charge in [-0.15, -0.1) is 0 Å². The fourth-order valence-electron chi connectivity index (χ4n) is 3.83. The van der Waals surface area contributed by atoms with Crippen LogP contribution in [0.25, 0.3) is 0 Å². The number of pyridine rings is 1. The Balaban J connectivity index is 1.76. The minimum atomic E-state index is -0.737. The van der Waals surface area contributed by atoms with Crippen LogP contribution in [0.15, 0.2) is 18.2 Å². The molecule has 21 heavy (non-hydrogen) atoms. The van der Waals surface area contributed by atoms with Crippen LogP contribution in [0.5, 0.6) is 0 Å². The maximum atomic E-state index is 12.7. The lowest BCUT2D eigenvalue weighted by molar-refractivity contribution is -0.138. The van der Waals surface area contributed by atoms with Crippen molar-refractivity contribution < 1.29 is 14.7 Å². The van der Waals surface area contributed by atoms with E-state index in [4.69, 9.17) is 5.11 Å². The number of amides is 1. The molecule has 0 radical (unpaired) electrons. The smallest absolute Gasteiger partial charge is 0.303 e. The van der Waals surface area contributed by atoms with Crippen LogP contribution in [-0.4, -0.2) is 39.0 Å². The summed E-state index contributed by atoms with van der Waals surface area (Å²) in [4.78, 5) is 29.9. The van der Waals surface area contributed by atoms with E-state index >= 15 is 0 Å². The van der Waals surface area contributed by atoms with E-state index in [1.807, 2.05) is 24.0 Å². The van der Waals surface area contributed by atoms with Crippen molar-refractivity contribution in [2.24, 2.45) is 5.92 Å². The number of hydrogen-bond acceptors (Lipinski definition) is 3. The summed E-state index contributed by atoms with van der Waals surface area (Å²) in [6.07, 6.45) is 3.80.